The molecule has 0 saturated heterocycles. The Morgan fingerprint density at radius 1 is 0.531 bits per heavy atom. The average molecular weight is 711 g/mol. The lowest BCUT2D eigenvalue weighted by Gasteiger charge is -2.04. The Kier molecular flexibility index (Phi) is 9.60. The van der Waals surface area contributed by atoms with Gasteiger partial charge in [-0.3, -0.25) is 18.4 Å². The maximum Gasteiger partial charge on any atom is 0.264 e. The minimum atomic E-state index is -0.0521. The van der Waals surface area contributed by atoms with Crippen molar-refractivity contribution in [2.75, 3.05) is 0 Å². The molecule has 8 rings (SSSR count). The highest BCUT2D eigenvalue weighted by atomic mass is 32.1. The Hall–Kier alpha value is -3.14. The number of nitrogens with zero attached hydrogens (tertiary/aromatic N) is 4. The van der Waals surface area contributed by atoms with Crippen LogP contribution in [0.4, 0.5) is 0 Å². The molecule has 0 fully saturated rings. The second kappa shape index (κ2) is 14.2. The van der Waals surface area contributed by atoms with Crippen LogP contribution in [-0.2, 0) is 12.8 Å². The van der Waals surface area contributed by atoms with E-state index in [2.05, 4.69) is 26.0 Å². The fraction of sp³-hybridized carbons (Fsp3) is 0.500. The van der Waals surface area contributed by atoms with Crippen LogP contribution in [0.15, 0.2) is 33.9 Å². The molecule has 49 heavy (non-hydrogen) atoms. The summed E-state index contributed by atoms with van der Waals surface area (Å²) in [7, 11) is 0. The zero-order chi connectivity index (χ0) is 33.5. The van der Waals surface area contributed by atoms with E-state index in [1.165, 1.54) is 112 Å². The van der Waals surface area contributed by atoms with E-state index >= 15 is 0 Å². The number of benzene rings is 1. The van der Waals surface area contributed by atoms with E-state index < -0.39 is 0 Å². The Morgan fingerprint density at radius 3 is 1.33 bits per heavy atom. The molecule has 7 aromatic heterocycles. The highest BCUT2D eigenvalue weighted by Crippen LogP contribution is 2.44. The molecule has 0 saturated carbocycles. The normalized spacial score (nSPS) is 12.7. The summed E-state index contributed by atoms with van der Waals surface area (Å²) >= 11 is 5.07. The van der Waals surface area contributed by atoms with Gasteiger partial charge in [-0.05, 0) is 49.9 Å². The lowest BCUT2D eigenvalue weighted by Crippen LogP contribution is -2.15. The predicted octanol–water partition coefficient (Wildman–Crippen LogP) is 11.9. The summed E-state index contributed by atoms with van der Waals surface area (Å²) in [6.45, 7) is 4.53. The van der Waals surface area contributed by atoms with Crippen LogP contribution in [0.1, 0.15) is 126 Å². The molecule has 9 heteroatoms. The third kappa shape index (κ3) is 5.93. The van der Waals surface area contributed by atoms with Gasteiger partial charge in [-0.1, -0.05) is 104 Å². The van der Waals surface area contributed by atoms with Crippen LogP contribution >= 0.6 is 34.0 Å². The zero-order valence-electron chi connectivity index (χ0n) is 28.9. The minimum absolute atomic E-state index is 0.0501. The van der Waals surface area contributed by atoms with Crippen molar-refractivity contribution >= 4 is 96.9 Å². The molecule has 0 atom stereocenters. The minimum Gasteiger partial charge on any atom is -0.268 e. The van der Waals surface area contributed by atoms with Crippen molar-refractivity contribution in [3.8, 4) is 0 Å². The number of hydrogen-bond acceptors (Lipinski definition) is 7. The number of thiophene rings is 3. The predicted molar refractivity (Wildman–Crippen MR) is 213 cm³/mol. The quantitative estimate of drug-likeness (QED) is 0.0656. The van der Waals surface area contributed by atoms with Crippen molar-refractivity contribution in [1.29, 1.82) is 0 Å². The van der Waals surface area contributed by atoms with E-state index in [4.69, 9.17) is 9.97 Å². The smallest absolute Gasteiger partial charge is 0.264 e. The summed E-state index contributed by atoms with van der Waals surface area (Å²) in [5.41, 5.74) is 3.13. The van der Waals surface area contributed by atoms with Gasteiger partial charge in [0.05, 0.1) is 20.4 Å². The van der Waals surface area contributed by atoms with Gasteiger partial charge < -0.3 is 0 Å². The summed E-state index contributed by atoms with van der Waals surface area (Å²) in [4.78, 5) is 42.8. The number of unbranched alkanes of at least 4 members (excludes halogenated alkanes) is 14. The van der Waals surface area contributed by atoms with Gasteiger partial charge in [0.15, 0.2) is 11.3 Å². The van der Waals surface area contributed by atoms with Crippen molar-refractivity contribution in [2.45, 2.75) is 129 Å². The van der Waals surface area contributed by atoms with Gasteiger partial charge >= 0.3 is 0 Å². The molecule has 0 aliphatic rings. The molecule has 256 valence electrons. The van der Waals surface area contributed by atoms with E-state index in [0.717, 1.165) is 53.7 Å². The number of rotatable bonds is 18. The lowest BCUT2D eigenvalue weighted by atomic mass is 10.0. The molecule has 1 aromatic carbocycles. The topological polar surface area (TPSA) is 68.7 Å². The second-order valence-electron chi connectivity index (χ2n) is 14.1. The van der Waals surface area contributed by atoms with Crippen molar-refractivity contribution in [2.24, 2.45) is 0 Å². The molecular formula is C40H46N4O2S3. The number of pyridine rings is 2. The lowest BCUT2D eigenvalue weighted by molar-refractivity contribution is 0.557. The number of aryl methyl sites for hydroxylation is 2. The molecule has 0 unspecified atom stereocenters. The van der Waals surface area contributed by atoms with Gasteiger partial charge in [-0.15, -0.1) is 34.0 Å². The first kappa shape index (κ1) is 33.0. The summed E-state index contributed by atoms with van der Waals surface area (Å²) in [5, 5.41) is 3.04. The van der Waals surface area contributed by atoms with E-state index in [0.29, 0.717) is 22.1 Å². The van der Waals surface area contributed by atoms with Crippen LogP contribution < -0.4 is 11.1 Å². The maximum atomic E-state index is 14.1. The Bertz CT molecular complexity index is 2500. The first-order valence-corrected chi connectivity index (χ1v) is 21.3. The molecule has 0 N–H and O–H groups in total. The van der Waals surface area contributed by atoms with Crippen LogP contribution in [0.25, 0.3) is 62.9 Å². The van der Waals surface area contributed by atoms with Crippen molar-refractivity contribution < 1.29 is 0 Å². The zero-order valence-corrected chi connectivity index (χ0v) is 31.3. The van der Waals surface area contributed by atoms with Crippen LogP contribution in [0.5, 0.6) is 0 Å². The summed E-state index contributed by atoms with van der Waals surface area (Å²) in [5.74, 6) is 0. The standard InChI is InChI=1S/C40H46N4O2S3/c1-3-5-7-9-11-12-13-14-16-18-20-26-24-30-38(48-26)42-36-34-32-28(40(46)44(30)36)22-21-27-31(32)33(49-34)35-41-37-29(43(35)39(27)45)23-25(47-37)19-17-15-10-8-6-4-2/h21-24H,3-20H2,1-2H3. The number of hydrogen-bond donors (Lipinski definition) is 0. The monoisotopic (exact) mass is 710 g/mol. The molecule has 0 amide bonds. The number of imidazole rings is 2. The van der Waals surface area contributed by atoms with Crippen LogP contribution in [0.2, 0.25) is 0 Å². The first-order chi connectivity index (χ1) is 24.1. The maximum absolute atomic E-state index is 14.1. The van der Waals surface area contributed by atoms with Gasteiger partial charge in [0, 0.05) is 31.3 Å². The van der Waals surface area contributed by atoms with Gasteiger partial charge in [0.25, 0.3) is 11.1 Å². The van der Waals surface area contributed by atoms with E-state index in [1.54, 1.807) is 34.0 Å². The van der Waals surface area contributed by atoms with Crippen molar-refractivity contribution in [3.63, 3.8) is 0 Å². The fourth-order valence-corrected chi connectivity index (χ4v) is 11.3. The molecule has 0 spiro atoms. The average Bonchev–Trinajstić information content (AvgIpc) is 3.91. The fourth-order valence-electron chi connectivity index (χ4n) is 7.86. The molecule has 0 aliphatic heterocycles. The Morgan fingerprint density at radius 2 is 0.918 bits per heavy atom. The van der Waals surface area contributed by atoms with Crippen LogP contribution in [-0.4, -0.2) is 18.8 Å². The molecule has 0 aliphatic carbocycles. The molecule has 7 heterocycles. The second-order valence-corrected chi connectivity index (χ2v) is 17.3. The Labute approximate surface area is 298 Å². The van der Waals surface area contributed by atoms with Crippen LogP contribution in [0, 0.1) is 0 Å². The summed E-state index contributed by atoms with van der Waals surface area (Å²) < 4.78 is 5.58. The Balaban J connectivity index is 1.08. The van der Waals surface area contributed by atoms with Gasteiger partial charge in [-0.2, -0.15) is 0 Å². The molecule has 6 nitrogen and oxygen atoms in total. The van der Waals surface area contributed by atoms with Gasteiger partial charge in [0.1, 0.15) is 9.66 Å². The van der Waals surface area contributed by atoms with Crippen molar-refractivity contribution in [3.05, 3.63) is 54.7 Å². The third-order valence-corrected chi connectivity index (χ3v) is 13.8. The first-order valence-electron chi connectivity index (χ1n) is 18.8. The number of fused-ring (bicyclic) bond motifs is 8. The number of aromatic nitrogens is 4. The molecule has 0 radical (unpaired) electrons. The molecule has 0 bridgehead atoms. The van der Waals surface area contributed by atoms with Crippen molar-refractivity contribution in [1.82, 2.24) is 18.8 Å². The van der Waals surface area contributed by atoms with Crippen LogP contribution in [0.3, 0.4) is 0 Å². The van der Waals surface area contributed by atoms with Gasteiger partial charge in [-0.25, -0.2) is 9.97 Å². The third-order valence-electron chi connectivity index (χ3n) is 10.5. The van der Waals surface area contributed by atoms with E-state index in [-0.39, 0.29) is 11.1 Å². The van der Waals surface area contributed by atoms with E-state index in [1.807, 2.05) is 20.9 Å². The summed E-state index contributed by atoms with van der Waals surface area (Å²) in [6.07, 6.45) is 23.0. The molecule has 8 aromatic rings. The van der Waals surface area contributed by atoms with E-state index in [9.17, 15) is 9.59 Å². The highest BCUT2D eigenvalue weighted by molar-refractivity contribution is 7.27. The largest absolute Gasteiger partial charge is 0.268 e. The summed E-state index contributed by atoms with van der Waals surface area (Å²) in [6, 6.07) is 8.10. The molecular weight excluding hydrogens is 665 g/mol. The highest BCUT2D eigenvalue weighted by Gasteiger charge is 2.26. The SMILES string of the molecule is CCCCCCCCCCCCc1cc2c(nc3c4sc5c6c(ccc(c(=O)n23)c46)c(=O)n2c3cc(CCCCCCCC)sc3nc52)s1. The van der Waals surface area contributed by atoms with Gasteiger partial charge in [0.2, 0.25) is 0 Å².